The summed E-state index contributed by atoms with van der Waals surface area (Å²) in [6.07, 6.45) is 2.43. The fourth-order valence-electron chi connectivity index (χ4n) is 1.92. The van der Waals surface area contributed by atoms with Crippen LogP contribution in [0.5, 0.6) is 0 Å². The minimum atomic E-state index is 0.711. The summed E-state index contributed by atoms with van der Waals surface area (Å²) in [5.74, 6) is 1.96. The Kier molecular flexibility index (Phi) is 2.91. The molecule has 2 heteroatoms. The van der Waals surface area contributed by atoms with Gasteiger partial charge in [-0.1, -0.05) is 18.2 Å². The molecule has 0 saturated heterocycles. The molecule has 1 aromatic carbocycles. The van der Waals surface area contributed by atoms with Gasteiger partial charge in [-0.05, 0) is 42.7 Å². The molecule has 2 N–H and O–H groups in total. The van der Waals surface area contributed by atoms with Gasteiger partial charge in [0.1, 0.15) is 0 Å². The molecule has 2 rings (SSSR count). The summed E-state index contributed by atoms with van der Waals surface area (Å²) in [7, 11) is 0. The summed E-state index contributed by atoms with van der Waals surface area (Å²) in [6, 6.07) is 8.73. The fraction of sp³-hybridized carbons (Fsp3) is 0.455. The molecule has 1 heterocycles. The Balaban J connectivity index is 2.26. The molecule has 70 valence electrons. The van der Waals surface area contributed by atoms with E-state index in [0.717, 1.165) is 13.0 Å². The molecule has 1 aromatic rings. The highest BCUT2D eigenvalue weighted by atomic mass is 32.2. The van der Waals surface area contributed by atoms with Crippen molar-refractivity contribution >= 4 is 11.8 Å². The lowest BCUT2D eigenvalue weighted by Gasteiger charge is -2.24. The monoisotopic (exact) mass is 193 g/mol. The molecule has 13 heavy (non-hydrogen) atoms. The molecule has 1 aliphatic heterocycles. The predicted octanol–water partition coefficient (Wildman–Crippen LogP) is 2.61. The molecule has 0 radical (unpaired) electrons. The van der Waals surface area contributed by atoms with Crippen LogP contribution in [0.3, 0.4) is 0 Å². The van der Waals surface area contributed by atoms with Gasteiger partial charge in [-0.25, -0.2) is 0 Å². The van der Waals surface area contributed by atoms with Crippen molar-refractivity contribution in [3.8, 4) is 0 Å². The summed E-state index contributed by atoms with van der Waals surface area (Å²) in [4.78, 5) is 1.47. The number of hydrogen-bond acceptors (Lipinski definition) is 2. The predicted molar refractivity (Wildman–Crippen MR) is 58.2 cm³/mol. The van der Waals surface area contributed by atoms with E-state index in [4.69, 9.17) is 5.73 Å². The zero-order valence-corrected chi connectivity index (χ0v) is 8.52. The Morgan fingerprint density at radius 3 is 3.08 bits per heavy atom. The molecule has 0 fully saturated rings. The first kappa shape index (κ1) is 9.10. The topological polar surface area (TPSA) is 26.0 Å². The summed E-state index contributed by atoms with van der Waals surface area (Å²) in [5, 5.41) is 0. The van der Waals surface area contributed by atoms with E-state index in [1.807, 2.05) is 11.8 Å². The van der Waals surface area contributed by atoms with Gasteiger partial charge in [-0.15, -0.1) is 11.8 Å². The van der Waals surface area contributed by atoms with Crippen molar-refractivity contribution in [1.29, 1.82) is 0 Å². The van der Waals surface area contributed by atoms with Gasteiger partial charge in [0.15, 0.2) is 0 Å². The van der Waals surface area contributed by atoms with Gasteiger partial charge in [0.25, 0.3) is 0 Å². The van der Waals surface area contributed by atoms with Gasteiger partial charge >= 0.3 is 0 Å². The van der Waals surface area contributed by atoms with Crippen LogP contribution in [0, 0.1) is 0 Å². The lowest BCUT2D eigenvalue weighted by Crippen LogP contribution is -2.12. The van der Waals surface area contributed by atoms with Crippen molar-refractivity contribution in [1.82, 2.24) is 0 Å². The molecular weight excluding hydrogens is 178 g/mol. The zero-order chi connectivity index (χ0) is 9.10. The highest BCUT2D eigenvalue weighted by molar-refractivity contribution is 7.99. The average Bonchev–Trinajstić information content (AvgIpc) is 2.19. The molecule has 0 amide bonds. The van der Waals surface area contributed by atoms with E-state index in [9.17, 15) is 0 Å². The number of rotatable bonds is 2. The maximum absolute atomic E-state index is 5.61. The second-order valence-electron chi connectivity index (χ2n) is 3.45. The summed E-state index contributed by atoms with van der Waals surface area (Å²) in [6.45, 7) is 0.809. The maximum atomic E-state index is 5.61. The average molecular weight is 193 g/mol. The molecule has 1 nitrogen and oxygen atoms in total. The van der Waals surface area contributed by atoms with Gasteiger partial charge in [-0.3, -0.25) is 0 Å². The molecule has 0 saturated carbocycles. The van der Waals surface area contributed by atoms with Crippen LogP contribution >= 0.6 is 11.8 Å². The first-order chi connectivity index (χ1) is 6.42. The van der Waals surface area contributed by atoms with Crippen LogP contribution in [0.2, 0.25) is 0 Å². The SMILES string of the molecule is NCCC1CCSc2ccccc21. The van der Waals surface area contributed by atoms with E-state index >= 15 is 0 Å². The molecule has 0 bridgehead atoms. The highest BCUT2D eigenvalue weighted by Gasteiger charge is 2.18. The number of fused-ring (bicyclic) bond motifs is 1. The van der Waals surface area contributed by atoms with E-state index in [1.165, 1.54) is 22.6 Å². The largest absolute Gasteiger partial charge is 0.330 e. The standard InChI is InChI=1S/C11H15NS/c12-7-5-9-6-8-13-11-4-2-1-3-10(9)11/h1-4,9H,5-8,12H2. The van der Waals surface area contributed by atoms with Crippen LogP contribution in [-0.2, 0) is 0 Å². The molecule has 1 unspecified atom stereocenters. The lowest BCUT2D eigenvalue weighted by atomic mass is 9.93. The van der Waals surface area contributed by atoms with Crippen molar-refractivity contribution in [3.63, 3.8) is 0 Å². The van der Waals surface area contributed by atoms with E-state index in [-0.39, 0.29) is 0 Å². The Bertz CT molecular complexity index is 285. The van der Waals surface area contributed by atoms with Crippen LogP contribution in [-0.4, -0.2) is 12.3 Å². The minimum Gasteiger partial charge on any atom is -0.330 e. The first-order valence-corrected chi connectivity index (χ1v) is 5.82. The van der Waals surface area contributed by atoms with Crippen LogP contribution in [0.15, 0.2) is 29.2 Å². The van der Waals surface area contributed by atoms with Crippen molar-refractivity contribution in [3.05, 3.63) is 29.8 Å². The highest BCUT2D eigenvalue weighted by Crippen LogP contribution is 2.38. The Morgan fingerprint density at radius 1 is 1.38 bits per heavy atom. The summed E-state index contributed by atoms with van der Waals surface area (Å²) in [5.41, 5.74) is 7.13. The van der Waals surface area contributed by atoms with Gasteiger partial charge in [-0.2, -0.15) is 0 Å². The molecular formula is C11H15NS. The van der Waals surface area contributed by atoms with E-state index in [0.29, 0.717) is 5.92 Å². The van der Waals surface area contributed by atoms with Crippen molar-refractivity contribution in [2.75, 3.05) is 12.3 Å². The molecule has 0 spiro atoms. The third-order valence-electron chi connectivity index (χ3n) is 2.60. The fourth-order valence-corrected chi connectivity index (χ4v) is 3.12. The third-order valence-corrected chi connectivity index (χ3v) is 3.72. The normalized spacial score (nSPS) is 21.2. The minimum absolute atomic E-state index is 0.711. The maximum Gasteiger partial charge on any atom is 0.0107 e. The van der Waals surface area contributed by atoms with Gasteiger partial charge in [0.05, 0.1) is 0 Å². The second kappa shape index (κ2) is 4.16. The summed E-state index contributed by atoms with van der Waals surface area (Å²) >= 11 is 1.98. The van der Waals surface area contributed by atoms with Crippen molar-refractivity contribution in [2.24, 2.45) is 5.73 Å². The zero-order valence-electron chi connectivity index (χ0n) is 7.70. The number of hydrogen-bond donors (Lipinski definition) is 1. The third kappa shape index (κ3) is 1.89. The number of benzene rings is 1. The van der Waals surface area contributed by atoms with Crippen molar-refractivity contribution in [2.45, 2.75) is 23.7 Å². The lowest BCUT2D eigenvalue weighted by molar-refractivity contribution is 0.602. The smallest absolute Gasteiger partial charge is 0.0107 e. The van der Waals surface area contributed by atoms with Gasteiger partial charge < -0.3 is 5.73 Å². The molecule has 0 aliphatic carbocycles. The van der Waals surface area contributed by atoms with Crippen LogP contribution in [0.4, 0.5) is 0 Å². The van der Waals surface area contributed by atoms with Gasteiger partial charge in [0, 0.05) is 4.90 Å². The van der Waals surface area contributed by atoms with Crippen LogP contribution in [0.25, 0.3) is 0 Å². The van der Waals surface area contributed by atoms with Crippen LogP contribution < -0.4 is 5.73 Å². The van der Waals surface area contributed by atoms with E-state index in [2.05, 4.69) is 24.3 Å². The Hall–Kier alpha value is -0.470. The van der Waals surface area contributed by atoms with Crippen molar-refractivity contribution < 1.29 is 0 Å². The molecule has 1 aliphatic rings. The van der Waals surface area contributed by atoms with Crippen LogP contribution in [0.1, 0.15) is 24.3 Å². The number of nitrogens with two attached hydrogens (primary N) is 1. The van der Waals surface area contributed by atoms with E-state index in [1.54, 1.807) is 0 Å². The Morgan fingerprint density at radius 2 is 2.23 bits per heavy atom. The van der Waals surface area contributed by atoms with Gasteiger partial charge in [0.2, 0.25) is 0 Å². The molecule has 1 atom stereocenters. The molecule has 0 aromatic heterocycles. The van der Waals surface area contributed by atoms with E-state index < -0.39 is 0 Å². The Labute approximate surface area is 83.7 Å². The second-order valence-corrected chi connectivity index (χ2v) is 4.59. The number of thioether (sulfide) groups is 1. The summed E-state index contributed by atoms with van der Waals surface area (Å²) < 4.78 is 0. The first-order valence-electron chi connectivity index (χ1n) is 4.83. The quantitative estimate of drug-likeness (QED) is 0.781.